The van der Waals surface area contributed by atoms with Gasteiger partial charge in [-0.05, 0) is 38.5 Å². The summed E-state index contributed by atoms with van der Waals surface area (Å²) in [4.78, 5) is 14.0. The van der Waals surface area contributed by atoms with Crippen LogP contribution in [0.5, 0.6) is 0 Å². The maximum atomic E-state index is 12.4. The molecule has 2 aliphatic rings. The molecular weight excluding hydrogens is 288 g/mol. The highest BCUT2D eigenvalue weighted by atomic mass is 32.2. The van der Waals surface area contributed by atoms with Gasteiger partial charge in [-0.25, -0.2) is 8.42 Å². The maximum absolute atomic E-state index is 12.4. The summed E-state index contributed by atoms with van der Waals surface area (Å²) in [6.45, 7) is 3.46. The highest BCUT2D eigenvalue weighted by Crippen LogP contribution is 2.33. The first-order valence-electron chi connectivity index (χ1n) is 8.03. The molecule has 2 aliphatic heterocycles. The van der Waals surface area contributed by atoms with Gasteiger partial charge in [0.2, 0.25) is 5.91 Å². The number of sulfone groups is 1. The number of rotatable bonds is 6. The van der Waals surface area contributed by atoms with Crippen molar-refractivity contribution in [2.24, 2.45) is 5.92 Å². The topological polar surface area (TPSA) is 66.5 Å². The fourth-order valence-electron chi connectivity index (χ4n) is 3.58. The molecule has 2 saturated heterocycles. The summed E-state index contributed by atoms with van der Waals surface area (Å²) >= 11 is 0. The molecule has 2 bridgehead atoms. The Morgan fingerprint density at radius 1 is 1.29 bits per heavy atom. The molecule has 21 heavy (non-hydrogen) atoms. The molecule has 0 saturated carbocycles. The van der Waals surface area contributed by atoms with Crippen LogP contribution >= 0.6 is 0 Å². The lowest BCUT2D eigenvalue weighted by Gasteiger charge is -2.31. The van der Waals surface area contributed by atoms with Crippen LogP contribution in [0.25, 0.3) is 0 Å². The highest BCUT2D eigenvalue weighted by molar-refractivity contribution is 7.91. The first-order valence-corrected chi connectivity index (χ1v) is 9.85. The fraction of sp³-hybridized carbons (Fsp3) is 0.933. The fourth-order valence-corrected chi connectivity index (χ4v) is 4.77. The summed E-state index contributed by atoms with van der Waals surface area (Å²) in [6, 6.07) is 0.926. The van der Waals surface area contributed by atoms with Crippen molar-refractivity contribution in [2.75, 3.05) is 18.6 Å². The molecule has 1 amide bonds. The van der Waals surface area contributed by atoms with Crippen LogP contribution in [0.4, 0.5) is 0 Å². The zero-order valence-electron chi connectivity index (χ0n) is 13.3. The van der Waals surface area contributed by atoms with Gasteiger partial charge in [0, 0.05) is 37.3 Å². The van der Waals surface area contributed by atoms with Gasteiger partial charge in [-0.3, -0.25) is 4.79 Å². The maximum Gasteiger partial charge on any atom is 0.222 e. The van der Waals surface area contributed by atoms with Crippen LogP contribution in [-0.4, -0.2) is 55.9 Å². The van der Waals surface area contributed by atoms with E-state index in [-0.39, 0.29) is 23.5 Å². The monoisotopic (exact) mass is 316 g/mol. The molecule has 2 heterocycles. The van der Waals surface area contributed by atoms with E-state index in [9.17, 15) is 13.2 Å². The van der Waals surface area contributed by atoms with Gasteiger partial charge in [0.15, 0.2) is 9.84 Å². The third kappa shape index (κ3) is 4.42. The summed E-state index contributed by atoms with van der Waals surface area (Å²) in [6.07, 6.45) is 5.18. The number of piperidine rings is 1. The van der Waals surface area contributed by atoms with Gasteiger partial charge >= 0.3 is 0 Å². The number of nitrogens with one attached hydrogen (secondary N) is 1. The number of carbonyl (C=O) groups is 1. The average Bonchev–Trinajstić information content (AvgIpc) is 2.76. The van der Waals surface area contributed by atoms with Crippen molar-refractivity contribution in [2.45, 2.75) is 64.1 Å². The average molecular weight is 316 g/mol. The molecule has 6 heteroatoms. The molecular formula is C15H28N2O3S. The second kappa shape index (κ2) is 6.65. The van der Waals surface area contributed by atoms with E-state index in [1.165, 1.54) is 12.8 Å². The lowest BCUT2D eigenvalue weighted by molar-refractivity contribution is -0.132. The van der Waals surface area contributed by atoms with Gasteiger partial charge in [-0.1, -0.05) is 6.92 Å². The van der Waals surface area contributed by atoms with Crippen LogP contribution in [0.15, 0.2) is 0 Å². The van der Waals surface area contributed by atoms with Gasteiger partial charge in [0.1, 0.15) is 0 Å². The Bertz CT molecular complexity index is 465. The Labute approximate surface area is 128 Å². The van der Waals surface area contributed by atoms with Gasteiger partial charge in [-0.15, -0.1) is 0 Å². The van der Waals surface area contributed by atoms with Crippen molar-refractivity contribution in [1.82, 2.24) is 10.2 Å². The van der Waals surface area contributed by atoms with E-state index in [0.29, 0.717) is 24.4 Å². The molecule has 0 spiro atoms. The first kappa shape index (κ1) is 16.7. The van der Waals surface area contributed by atoms with Crippen molar-refractivity contribution in [1.29, 1.82) is 0 Å². The molecule has 0 aromatic heterocycles. The lowest BCUT2D eigenvalue weighted by Crippen LogP contribution is -2.43. The van der Waals surface area contributed by atoms with Crippen LogP contribution in [-0.2, 0) is 14.6 Å². The molecule has 3 unspecified atom stereocenters. The molecule has 0 radical (unpaired) electrons. The molecule has 0 aliphatic carbocycles. The molecule has 0 aromatic carbocycles. The van der Waals surface area contributed by atoms with Crippen LogP contribution < -0.4 is 5.32 Å². The van der Waals surface area contributed by atoms with Crippen LogP contribution in [0.2, 0.25) is 0 Å². The standard InChI is InChI=1S/C15H28N2O3S/c1-4-21(19,20)10-11(2)17(3)15(18)9-12-7-13-5-6-14(8-12)16-13/h11-14,16H,4-10H2,1-3H3. The van der Waals surface area contributed by atoms with Crippen molar-refractivity contribution in [3.63, 3.8) is 0 Å². The Kier molecular flexibility index (Phi) is 5.30. The van der Waals surface area contributed by atoms with Crippen LogP contribution in [0.3, 0.4) is 0 Å². The number of carbonyl (C=O) groups excluding carboxylic acids is 1. The number of hydrogen-bond donors (Lipinski definition) is 1. The SMILES string of the molecule is CCS(=O)(=O)CC(C)N(C)C(=O)CC1CC2CCC(C1)N2. The number of nitrogens with zero attached hydrogens (tertiary/aromatic N) is 1. The van der Waals surface area contributed by atoms with Gasteiger partial charge in [0.05, 0.1) is 5.75 Å². The Morgan fingerprint density at radius 2 is 1.86 bits per heavy atom. The van der Waals surface area contributed by atoms with Gasteiger partial charge < -0.3 is 10.2 Å². The molecule has 5 nitrogen and oxygen atoms in total. The number of fused-ring (bicyclic) bond motifs is 2. The van der Waals surface area contributed by atoms with Crippen LogP contribution in [0.1, 0.15) is 46.0 Å². The number of hydrogen-bond acceptors (Lipinski definition) is 4. The largest absolute Gasteiger partial charge is 0.342 e. The minimum Gasteiger partial charge on any atom is -0.342 e. The van der Waals surface area contributed by atoms with E-state index < -0.39 is 9.84 Å². The van der Waals surface area contributed by atoms with Crippen molar-refractivity contribution in [3.8, 4) is 0 Å². The first-order chi connectivity index (χ1) is 9.80. The minimum absolute atomic E-state index is 0.0587. The van der Waals surface area contributed by atoms with Crippen LogP contribution in [0, 0.1) is 5.92 Å². The van der Waals surface area contributed by atoms with Crippen molar-refractivity contribution < 1.29 is 13.2 Å². The molecule has 3 atom stereocenters. The Morgan fingerprint density at radius 3 is 2.38 bits per heavy atom. The second-order valence-corrected chi connectivity index (χ2v) is 9.13. The van der Waals surface area contributed by atoms with E-state index in [1.807, 2.05) is 6.92 Å². The van der Waals surface area contributed by atoms with Gasteiger partial charge in [0.25, 0.3) is 0 Å². The minimum atomic E-state index is -3.04. The molecule has 2 fully saturated rings. The molecule has 122 valence electrons. The third-order valence-electron chi connectivity index (χ3n) is 5.02. The summed E-state index contributed by atoms with van der Waals surface area (Å²) < 4.78 is 23.3. The predicted molar refractivity (Wildman–Crippen MR) is 83.8 cm³/mol. The smallest absolute Gasteiger partial charge is 0.222 e. The second-order valence-electron chi connectivity index (χ2n) is 6.73. The molecule has 0 aromatic rings. The summed E-state index contributed by atoms with van der Waals surface area (Å²) in [5.74, 6) is 0.731. The zero-order valence-corrected chi connectivity index (χ0v) is 14.2. The number of amides is 1. The van der Waals surface area contributed by atoms with E-state index >= 15 is 0 Å². The lowest BCUT2D eigenvalue weighted by atomic mass is 9.89. The zero-order chi connectivity index (χ0) is 15.6. The van der Waals surface area contributed by atoms with E-state index in [2.05, 4.69) is 5.32 Å². The normalized spacial score (nSPS) is 30.1. The van der Waals surface area contributed by atoms with Crippen molar-refractivity contribution in [3.05, 3.63) is 0 Å². The van der Waals surface area contributed by atoms with E-state index in [0.717, 1.165) is 12.8 Å². The van der Waals surface area contributed by atoms with E-state index in [4.69, 9.17) is 0 Å². The Balaban J connectivity index is 1.85. The Hall–Kier alpha value is -0.620. The van der Waals surface area contributed by atoms with Crippen molar-refractivity contribution >= 4 is 15.7 Å². The van der Waals surface area contributed by atoms with E-state index in [1.54, 1.807) is 18.9 Å². The quantitative estimate of drug-likeness (QED) is 0.799. The predicted octanol–water partition coefficient (Wildman–Crippen LogP) is 1.19. The molecule has 2 rings (SSSR count). The molecule has 1 N–H and O–H groups in total. The summed E-state index contributed by atoms with van der Waals surface area (Å²) in [5.41, 5.74) is 0. The third-order valence-corrected chi connectivity index (χ3v) is 6.89. The summed E-state index contributed by atoms with van der Waals surface area (Å²) in [5, 5.41) is 3.58. The summed E-state index contributed by atoms with van der Waals surface area (Å²) in [7, 11) is -1.31. The highest BCUT2D eigenvalue weighted by Gasteiger charge is 2.35. The van der Waals surface area contributed by atoms with Gasteiger partial charge in [-0.2, -0.15) is 0 Å².